The Hall–Kier alpha value is -2.57. The second-order valence-electron chi connectivity index (χ2n) is 7.74. The highest BCUT2D eigenvalue weighted by Crippen LogP contribution is 2.39. The van der Waals surface area contributed by atoms with E-state index >= 15 is 0 Å². The average Bonchev–Trinajstić information content (AvgIpc) is 3.42. The Morgan fingerprint density at radius 2 is 2.00 bits per heavy atom. The minimum absolute atomic E-state index is 0.206. The van der Waals surface area contributed by atoms with Crippen molar-refractivity contribution in [3.63, 3.8) is 0 Å². The van der Waals surface area contributed by atoms with Gasteiger partial charge in [-0.25, -0.2) is 4.39 Å². The van der Waals surface area contributed by atoms with Crippen molar-refractivity contribution >= 4 is 29.3 Å². The van der Waals surface area contributed by atoms with Gasteiger partial charge < -0.3 is 14.4 Å². The van der Waals surface area contributed by atoms with Crippen molar-refractivity contribution in [2.45, 2.75) is 19.3 Å². The van der Waals surface area contributed by atoms with Crippen molar-refractivity contribution in [3.8, 4) is 11.5 Å². The molecule has 0 unspecified atom stereocenters. The van der Waals surface area contributed by atoms with E-state index in [1.54, 1.807) is 18.1 Å². The second kappa shape index (κ2) is 9.71. The van der Waals surface area contributed by atoms with Gasteiger partial charge in [-0.05, 0) is 62.2 Å². The third-order valence-electron chi connectivity index (χ3n) is 5.78. The van der Waals surface area contributed by atoms with Crippen LogP contribution in [-0.2, 0) is 11.2 Å². The van der Waals surface area contributed by atoms with E-state index in [0.29, 0.717) is 24.7 Å². The number of hydrogen-bond acceptors (Lipinski definition) is 4. The van der Waals surface area contributed by atoms with Crippen molar-refractivity contribution in [2.24, 2.45) is 0 Å². The fourth-order valence-electron chi connectivity index (χ4n) is 4.10. The molecule has 164 valence electrons. The summed E-state index contributed by atoms with van der Waals surface area (Å²) >= 11 is 6.05. The second-order valence-corrected chi connectivity index (χ2v) is 8.14. The highest BCUT2D eigenvalue weighted by molar-refractivity contribution is 6.32. The van der Waals surface area contributed by atoms with E-state index in [-0.39, 0.29) is 16.5 Å². The Balaban J connectivity index is 1.49. The number of halogens is 2. The lowest BCUT2D eigenvalue weighted by atomic mass is 10.1. The van der Waals surface area contributed by atoms with Crippen molar-refractivity contribution in [1.29, 1.82) is 0 Å². The number of nitrogens with zero attached hydrogens (tertiary/aromatic N) is 2. The van der Waals surface area contributed by atoms with Crippen molar-refractivity contribution in [2.75, 3.05) is 44.8 Å². The van der Waals surface area contributed by atoms with Gasteiger partial charge >= 0.3 is 0 Å². The molecule has 1 saturated heterocycles. The van der Waals surface area contributed by atoms with E-state index < -0.39 is 5.82 Å². The Bertz CT molecular complexity index is 969. The predicted molar refractivity (Wildman–Crippen MR) is 121 cm³/mol. The van der Waals surface area contributed by atoms with E-state index in [4.69, 9.17) is 21.1 Å². The molecule has 0 radical (unpaired) electrons. The summed E-state index contributed by atoms with van der Waals surface area (Å²) in [6.07, 6.45) is 5.99. The van der Waals surface area contributed by atoms with Crippen molar-refractivity contribution < 1.29 is 18.7 Å². The molecule has 2 heterocycles. The van der Waals surface area contributed by atoms with Crippen LogP contribution in [0, 0.1) is 5.82 Å². The zero-order valence-corrected chi connectivity index (χ0v) is 18.3. The fraction of sp³-hybridized carbons (Fsp3) is 0.375. The van der Waals surface area contributed by atoms with Gasteiger partial charge in [0.1, 0.15) is 12.4 Å². The normalized spacial score (nSPS) is 16.2. The molecule has 0 aromatic heterocycles. The van der Waals surface area contributed by atoms with Gasteiger partial charge in [0.25, 0.3) is 5.91 Å². The topological polar surface area (TPSA) is 42.0 Å². The number of carbonyl (C=O) groups excluding carboxylic acids is 1. The minimum atomic E-state index is -0.461. The van der Waals surface area contributed by atoms with Crippen LogP contribution in [-0.4, -0.2) is 50.7 Å². The van der Waals surface area contributed by atoms with Gasteiger partial charge in [0.05, 0.1) is 17.8 Å². The number of ether oxygens (including phenoxy) is 2. The third-order valence-corrected chi connectivity index (χ3v) is 6.11. The van der Waals surface area contributed by atoms with Gasteiger partial charge in [0.2, 0.25) is 0 Å². The number of benzene rings is 2. The van der Waals surface area contributed by atoms with Crippen LogP contribution in [0.4, 0.5) is 10.1 Å². The summed E-state index contributed by atoms with van der Waals surface area (Å²) < 4.78 is 25.5. The van der Waals surface area contributed by atoms with Crippen LogP contribution in [0.1, 0.15) is 24.0 Å². The average molecular weight is 445 g/mol. The Morgan fingerprint density at radius 3 is 2.74 bits per heavy atom. The molecule has 0 atom stereocenters. The van der Waals surface area contributed by atoms with E-state index in [1.165, 1.54) is 37.1 Å². The molecule has 0 saturated carbocycles. The third kappa shape index (κ3) is 4.86. The maximum Gasteiger partial charge on any atom is 0.251 e. The van der Waals surface area contributed by atoms with Crippen LogP contribution in [0.2, 0.25) is 5.02 Å². The van der Waals surface area contributed by atoms with E-state index in [2.05, 4.69) is 4.90 Å². The summed E-state index contributed by atoms with van der Waals surface area (Å²) in [4.78, 5) is 16.9. The fourth-order valence-corrected chi connectivity index (χ4v) is 4.33. The molecule has 31 heavy (non-hydrogen) atoms. The largest absolute Gasteiger partial charge is 0.493 e. The molecular weight excluding hydrogens is 419 g/mol. The first kappa shape index (κ1) is 21.7. The molecule has 0 spiro atoms. The summed E-state index contributed by atoms with van der Waals surface area (Å²) in [5, 5.41) is 0.268. The van der Waals surface area contributed by atoms with E-state index in [9.17, 15) is 9.18 Å². The first-order valence-corrected chi connectivity index (χ1v) is 10.9. The zero-order valence-electron chi connectivity index (χ0n) is 17.6. The van der Waals surface area contributed by atoms with Crippen LogP contribution in [0.3, 0.4) is 0 Å². The number of fused-ring (bicyclic) bond motifs is 1. The molecular formula is C24H26ClFN2O3. The van der Waals surface area contributed by atoms with Gasteiger partial charge in [-0.3, -0.25) is 9.69 Å². The van der Waals surface area contributed by atoms with Gasteiger partial charge in [-0.15, -0.1) is 0 Å². The molecule has 2 aliphatic rings. The molecule has 2 aromatic carbocycles. The Morgan fingerprint density at radius 1 is 1.19 bits per heavy atom. The maximum atomic E-state index is 14.0. The number of methoxy groups -OCH3 is 1. The lowest BCUT2D eigenvalue weighted by molar-refractivity contribution is -0.114. The van der Waals surface area contributed by atoms with Crippen LogP contribution in [0.15, 0.2) is 36.4 Å². The number of hydrogen-bond donors (Lipinski definition) is 0. The molecule has 7 heteroatoms. The quantitative estimate of drug-likeness (QED) is 0.587. The molecule has 5 nitrogen and oxygen atoms in total. The molecule has 1 amide bonds. The van der Waals surface area contributed by atoms with E-state index in [0.717, 1.165) is 37.3 Å². The van der Waals surface area contributed by atoms with Crippen LogP contribution < -0.4 is 14.4 Å². The Kier molecular flexibility index (Phi) is 6.78. The summed E-state index contributed by atoms with van der Waals surface area (Å²) in [7, 11) is 1.62. The maximum absolute atomic E-state index is 14.0. The van der Waals surface area contributed by atoms with Gasteiger partial charge in [0, 0.05) is 30.8 Å². The van der Waals surface area contributed by atoms with Crippen molar-refractivity contribution in [3.05, 3.63) is 58.4 Å². The monoisotopic (exact) mass is 444 g/mol. The molecule has 2 aliphatic heterocycles. The molecule has 4 rings (SSSR count). The predicted octanol–water partition coefficient (Wildman–Crippen LogP) is 4.56. The molecule has 0 bridgehead atoms. The highest BCUT2D eigenvalue weighted by Gasteiger charge is 2.26. The van der Waals surface area contributed by atoms with E-state index in [1.807, 2.05) is 12.1 Å². The number of likely N-dealkylation sites (tertiary alicyclic amines) is 1. The summed E-state index contributed by atoms with van der Waals surface area (Å²) in [6, 6.07) is 8.25. The van der Waals surface area contributed by atoms with Crippen LogP contribution >= 0.6 is 11.6 Å². The van der Waals surface area contributed by atoms with Gasteiger partial charge in [-0.2, -0.15) is 0 Å². The standard InChI is InChI=1S/C24H26ClFN2O3/c1-30-22-15-17-9-12-28(24(29)8-7-18-19(25)5-4-6-20(18)26)21(17)16-23(22)31-14-13-27-10-2-3-11-27/h4-8,15-16H,2-3,9-14H2,1H3/b8-7+. The first-order chi connectivity index (χ1) is 15.1. The van der Waals surface area contributed by atoms with Crippen LogP contribution in [0.25, 0.3) is 6.08 Å². The molecule has 1 fully saturated rings. The first-order valence-electron chi connectivity index (χ1n) is 10.6. The molecule has 2 aromatic rings. The lowest BCUT2D eigenvalue weighted by Crippen LogP contribution is -2.27. The Labute approximate surface area is 187 Å². The van der Waals surface area contributed by atoms with Crippen LogP contribution in [0.5, 0.6) is 11.5 Å². The summed E-state index contributed by atoms with van der Waals surface area (Å²) in [6.45, 7) is 4.21. The van der Waals surface area contributed by atoms with Gasteiger partial charge in [0.15, 0.2) is 11.5 Å². The smallest absolute Gasteiger partial charge is 0.251 e. The zero-order chi connectivity index (χ0) is 21.8. The summed E-state index contributed by atoms with van der Waals surface area (Å²) in [5.74, 6) is 0.604. The lowest BCUT2D eigenvalue weighted by Gasteiger charge is -2.19. The number of anilines is 1. The van der Waals surface area contributed by atoms with Crippen molar-refractivity contribution in [1.82, 2.24) is 4.90 Å². The SMILES string of the molecule is COc1cc2c(cc1OCCN1CCCC1)N(C(=O)/C=C/c1c(F)cccc1Cl)CC2. The van der Waals surface area contributed by atoms with Gasteiger partial charge in [-0.1, -0.05) is 17.7 Å². The minimum Gasteiger partial charge on any atom is -0.493 e. The number of carbonyl (C=O) groups is 1. The highest BCUT2D eigenvalue weighted by atomic mass is 35.5. The summed E-state index contributed by atoms with van der Waals surface area (Å²) in [5.41, 5.74) is 2.03. The number of amides is 1. The molecule has 0 aliphatic carbocycles. The molecule has 0 N–H and O–H groups in total. The number of rotatable bonds is 7.